The molecule has 0 saturated heterocycles. The first kappa shape index (κ1) is 13.3. The molecular formula is C17H18N4O. The first-order chi connectivity index (χ1) is 10.6. The lowest BCUT2D eigenvalue weighted by atomic mass is 9.89. The number of aromatic nitrogens is 4. The third kappa shape index (κ3) is 1.69. The Morgan fingerprint density at radius 1 is 1.36 bits per heavy atom. The summed E-state index contributed by atoms with van der Waals surface area (Å²) in [6, 6.07) is 6.24. The van der Waals surface area contributed by atoms with E-state index in [4.69, 9.17) is 9.72 Å². The largest absolute Gasteiger partial charge is 0.366 e. The number of aromatic amines is 1. The van der Waals surface area contributed by atoms with Crippen LogP contribution in [0.2, 0.25) is 0 Å². The Balaban J connectivity index is 1.93. The van der Waals surface area contributed by atoms with Gasteiger partial charge < -0.3 is 9.30 Å². The van der Waals surface area contributed by atoms with Crippen molar-refractivity contribution < 1.29 is 4.74 Å². The number of fused-ring (bicyclic) bond motifs is 2. The number of benzene rings is 1. The maximum absolute atomic E-state index is 5.92. The molecule has 4 rings (SSSR count). The average Bonchev–Trinajstić information content (AvgIpc) is 3.12. The van der Waals surface area contributed by atoms with E-state index in [-0.39, 0.29) is 0 Å². The third-order valence-corrected chi connectivity index (χ3v) is 4.58. The van der Waals surface area contributed by atoms with Gasteiger partial charge in [-0.05, 0) is 24.6 Å². The molecule has 0 spiro atoms. The van der Waals surface area contributed by atoms with E-state index in [0.717, 1.165) is 28.1 Å². The number of ether oxygens (including phenoxy) is 1. The first-order valence-electron chi connectivity index (χ1n) is 7.34. The van der Waals surface area contributed by atoms with Gasteiger partial charge in [0.25, 0.3) is 0 Å². The zero-order chi connectivity index (χ0) is 15.3. The van der Waals surface area contributed by atoms with E-state index in [1.807, 2.05) is 13.2 Å². The van der Waals surface area contributed by atoms with Gasteiger partial charge in [0, 0.05) is 31.8 Å². The highest BCUT2D eigenvalue weighted by Crippen LogP contribution is 2.36. The standard InChI is InChI=1S/C17H18N4O/c1-11-5-4-6-14-15(11)19-16(21(14)2)17(22-3)8-7-12-10-18-20-13(12)9-17/h4-8,10H,9H2,1-3H3,(H,18,20). The minimum atomic E-state index is -0.570. The molecule has 0 amide bonds. The molecule has 1 N–H and O–H groups in total. The van der Waals surface area contributed by atoms with E-state index in [2.05, 4.69) is 52.0 Å². The summed E-state index contributed by atoms with van der Waals surface area (Å²) in [5.74, 6) is 0.913. The number of para-hydroxylation sites is 1. The van der Waals surface area contributed by atoms with E-state index in [1.165, 1.54) is 5.56 Å². The molecule has 0 saturated carbocycles. The number of methoxy groups -OCH3 is 1. The molecule has 0 radical (unpaired) electrons. The summed E-state index contributed by atoms with van der Waals surface area (Å²) >= 11 is 0. The van der Waals surface area contributed by atoms with Crippen LogP contribution in [0.5, 0.6) is 0 Å². The summed E-state index contributed by atoms with van der Waals surface area (Å²) < 4.78 is 8.05. The number of H-pyrrole nitrogens is 1. The van der Waals surface area contributed by atoms with Crippen LogP contribution in [0.1, 0.15) is 22.6 Å². The van der Waals surface area contributed by atoms with E-state index in [0.29, 0.717) is 6.42 Å². The van der Waals surface area contributed by atoms with Crippen LogP contribution < -0.4 is 0 Å². The second-order valence-electron chi connectivity index (χ2n) is 5.84. The van der Waals surface area contributed by atoms with Gasteiger partial charge in [0.2, 0.25) is 0 Å². The quantitative estimate of drug-likeness (QED) is 0.790. The number of aryl methyl sites for hydroxylation is 2. The molecule has 0 bridgehead atoms. The second kappa shape index (κ2) is 4.55. The average molecular weight is 294 g/mol. The predicted octanol–water partition coefficient (Wildman–Crippen LogP) is 2.72. The van der Waals surface area contributed by atoms with Crippen LogP contribution in [-0.4, -0.2) is 26.9 Å². The number of rotatable bonds is 2. The van der Waals surface area contributed by atoms with Crippen molar-refractivity contribution >= 4 is 17.1 Å². The number of nitrogens with zero attached hydrogens (tertiary/aromatic N) is 3. The molecule has 0 aliphatic heterocycles. The molecule has 1 aromatic carbocycles. The summed E-state index contributed by atoms with van der Waals surface area (Å²) in [7, 11) is 3.78. The van der Waals surface area contributed by atoms with Crippen molar-refractivity contribution in [3.05, 3.63) is 53.1 Å². The molecule has 22 heavy (non-hydrogen) atoms. The molecule has 1 atom stereocenters. The van der Waals surface area contributed by atoms with Gasteiger partial charge in [0.15, 0.2) is 0 Å². The number of hydrogen-bond acceptors (Lipinski definition) is 3. The topological polar surface area (TPSA) is 55.7 Å². The predicted molar refractivity (Wildman–Crippen MR) is 85.5 cm³/mol. The van der Waals surface area contributed by atoms with Crippen LogP contribution in [0.15, 0.2) is 30.5 Å². The second-order valence-corrected chi connectivity index (χ2v) is 5.84. The third-order valence-electron chi connectivity index (χ3n) is 4.58. The fourth-order valence-electron chi connectivity index (χ4n) is 3.27. The number of nitrogens with one attached hydrogen (secondary N) is 1. The zero-order valence-electron chi connectivity index (χ0n) is 12.9. The highest BCUT2D eigenvalue weighted by Gasteiger charge is 2.38. The van der Waals surface area contributed by atoms with Crippen molar-refractivity contribution in [3.8, 4) is 0 Å². The van der Waals surface area contributed by atoms with Crippen LogP contribution in [0.4, 0.5) is 0 Å². The SMILES string of the molecule is COC1(c2nc3c(C)cccc3n2C)C=Cc2cn[nH]c2C1. The van der Waals surface area contributed by atoms with Crippen LogP contribution >= 0.6 is 0 Å². The van der Waals surface area contributed by atoms with Gasteiger partial charge in [-0.3, -0.25) is 5.10 Å². The van der Waals surface area contributed by atoms with Gasteiger partial charge in [-0.2, -0.15) is 5.10 Å². The minimum absolute atomic E-state index is 0.570. The Bertz CT molecular complexity index is 889. The van der Waals surface area contributed by atoms with Gasteiger partial charge in [0.05, 0.1) is 17.2 Å². The first-order valence-corrected chi connectivity index (χ1v) is 7.34. The highest BCUT2D eigenvalue weighted by molar-refractivity contribution is 5.79. The van der Waals surface area contributed by atoms with E-state index in [9.17, 15) is 0 Å². The Kier molecular flexibility index (Phi) is 2.74. The van der Waals surface area contributed by atoms with Crippen LogP contribution in [0, 0.1) is 6.92 Å². The monoisotopic (exact) mass is 294 g/mol. The van der Waals surface area contributed by atoms with Crippen LogP contribution in [-0.2, 0) is 23.8 Å². The Labute approximate surface area is 128 Å². The Hall–Kier alpha value is -2.40. The molecule has 5 heteroatoms. The smallest absolute Gasteiger partial charge is 0.149 e. The summed E-state index contributed by atoms with van der Waals surface area (Å²) in [5, 5.41) is 7.18. The molecule has 112 valence electrons. The van der Waals surface area contributed by atoms with E-state index < -0.39 is 5.60 Å². The van der Waals surface area contributed by atoms with Gasteiger partial charge in [-0.15, -0.1) is 0 Å². The molecule has 1 aliphatic rings. The van der Waals surface area contributed by atoms with Gasteiger partial charge in [-0.25, -0.2) is 4.98 Å². The van der Waals surface area contributed by atoms with E-state index in [1.54, 1.807) is 7.11 Å². The fraction of sp³-hybridized carbons (Fsp3) is 0.294. The van der Waals surface area contributed by atoms with Crippen molar-refractivity contribution in [1.29, 1.82) is 0 Å². The zero-order valence-corrected chi connectivity index (χ0v) is 12.9. The summed E-state index contributed by atoms with van der Waals surface area (Å²) in [6.45, 7) is 2.09. The summed E-state index contributed by atoms with van der Waals surface area (Å²) in [6.07, 6.45) is 6.68. The lowest BCUT2D eigenvalue weighted by Gasteiger charge is -2.30. The molecule has 5 nitrogen and oxygen atoms in total. The minimum Gasteiger partial charge on any atom is -0.366 e. The Morgan fingerprint density at radius 3 is 3.00 bits per heavy atom. The normalized spacial score (nSPS) is 20.5. The van der Waals surface area contributed by atoms with Crippen molar-refractivity contribution in [2.24, 2.45) is 7.05 Å². The number of imidazole rings is 1. The van der Waals surface area contributed by atoms with Gasteiger partial charge in [0.1, 0.15) is 11.4 Å². The number of hydrogen-bond donors (Lipinski definition) is 1. The molecule has 2 heterocycles. The molecule has 2 aromatic heterocycles. The van der Waals surface area contributed by atoms with Gasteiger partial charge in [-0.1, -0.05) is 18.2 Å². The van der Waals surface area contributed by atoms with Crippen molar-refractivity contribution in [1.82, 2.24) is 19.7 Å². The van der Waals surface area contributed by atoms with Crippen LogP contribution in [0.25, 0.3) is 17.1 Å². The lowest BCUT2D eigenvalue weighted by molar-refractivity contribution is 0.0187. The Morgan fingerprint density at radius 2 is 2.23 bits per heavy atom. The maximum atomic E-state index is 5.92. The van der Waals surface area contributed by atoms with E-state index >= 15 is 0 Å². The van der Waals surface area contributed by atoms with Gasteiger partial charge >= 0.3 is 0 Å². The van der Waals surface area contributed by atoms with Crippen molar-refractivity contribution in [2.45, 2.75) is 18.9 Å². The fourth-order valence-corrected chi connectivity index (χ4v) is 3.27. The molecule has 0 fully saturated rings. The summed E-state index contributed by atoms with van der Waals surface area (Å²) in [4.78, 5) is 4.89. The van der Waals surface area contributed by atoms with Crippen molar-refractivity contribution in [3.63, 3.8) is 0 Å². The lowest BCUT2D eigenvalue weighted by Crippen LogP contribution is -2.34. The summed E-state index contributed by atoms with van der Waals surface area (Å²) in [5.41, 5.74) is 4.94. The van der Waals surface area contributed by atoms with Crippen LogP contribution in [0.3, 0.4) is 0 Å². The maximum Gasteiger partial charge on any atom is 0.149 e. The van der Waals surface area contributed by atoms with Crippen molar-refractivity contribution in [2.75, 3.05) is 7.11 Å². The molecule has 1 unspecified atom stereocenters. The highest BCUT2D eigenvalue weighted by atomic mass is 16.5. The molecule has 1 aliphatic carbocycles. The molecule has 3 aromatic rings. The molecular weight excluding hydrogens is 276 g/mol.